The van der Waals surface area contributed by atoms with Gasteiger partial charge >= 0.3 is 12.3 Å². The van der Waals surface area contributed by atoms with Gasteiger partial charge in [-0.1, -0.05) is 23.3 Å². The van der Waals surface area contributed by atoms with Gasteiger partial charge in [0.15, 0.2) is 0 Å². The summed E-state index contributed by atoms with van der Waals surface area (Å²) < 4.78 is 51.5. The van der Waals surface area contributed by atoms with Crippen LogP contribution in [0.5, 0.6) is 0 Å². The molecule has 8 nitrogen and oxygen atoms in total. The molecule has 1 amide bonds. The van der Waals surface area contributed by atoms with Crippen molar-refractivity contribution in [1.29, 1.82) is 0 Å². The monoisotopic (exact) mass is 413 g/mol. The molecule has 1 aliphatic rings. The molecule has 0 saturated carbocycles. The molecule has 2 rings (SSSR count). The highest BCUT2D eigenvalue weighted by Crippen LogP contribution is 2.41. The van der Waals surface area contributed by atoms with Crippen LogP contribution in [0, 0.1) is 0 Å². The van der Waals surface area contributed by atoms with Gasteiger partial charge in [0, 0.05) is 10.6 Å². The summed E-state index contributed by atoms with van der Waals surface area (Å²) in [4.78, 5) is 19.0. The van der Waals surface area contributed by atoms with Gasteiger partial charge in [0.25, 0.3) is 0 Å². The van der Waals surface area contributed by atoms with E-state index in [2.05, 4.69) is 20.3 Å². The first kappa shape index (κ1) is 22.5. The quantitative estimate of drug-likeness (QED) is 0.413. The minimum absolute atomic E-state index is 0.271. The van der Waals surface area contributed by atoms with Gasteiger partial charge in [-0.15, -0.1) is 0 Å². The Morgan fingerprint density at radius 1 is 1.34 bits per heavy atom. The number of hydrogen-bond donors (Lipinski definition) is 1. The number of alkyl halides is 3. The number of benzene rings is 1. The van der Waals surface area contributed by atoms with Crippen LogP contribution in [0.25, 0.3) is 10.4 Å². The number of carbonyl (C=O) groups excluding carboxylic acids is 1. The van der Waals surface area contributed by atoms with E-state index in [1.54, 1.807) is 45.9 Å². The molecule has 29 heavy (non-hydrogen) atoms. The van der Waals surface area contributed by atoms with Gasteiger partial charge in [-0.2, -0.15) is 13.2 Å². The molecule has 0 radical (unpaired) electrons. The van der Waals surface area contributed by atoms with Crippen LogP contribution in [0.3, 0.4) is 0 Å². The van der Waals surface area contributed by atoms with Crippen LogP contribution in [-0.2, 0) is 15.0 Å². The van der Waals surface area contributed by atoms with Crippen LogP contribution >= 0.6 is 0 Å². The van der Waals surface area contributed by atoms with Crippen LogP contribution < -0.4 is 5.32 Å². The molecule has 0 saturated heterocycles. The second kappa shape index (κ2) is 7.57. The molecule has 11 heteroatoms. The molecule has 1 aliphatic heterocycles. The number of carbonyl (C=O) groups is 1. The number of aliphatic imine (C=N–C) groups is 1. The number of azide groups is 1. The number of alkyl carbamates (subject to hydrolysis) is 1. The van der Waals surface area contributed by atoms with E-state index < -0.39 is 41.5 Å². The summed E-state index contributed by atoms with van der Waals surface area (Å²) in [6.07, 6.45) is -5.92. The number of rotatable bonds is 2. The minimum Gasteiger partial charge on any atom is -0.444 e. The summed E-state index contributed by atoms with van der Waals surface area (Å²) in [5.74, 6) is -0.720. The van der Waals surface area contributed by atoms with Gasteiger partial charge < -0.3 is 9.47 Å². The molecule has 0 bridgehead atoms. The van der Waals surface area contributed by atoms with Crippen molar-refractivity contribution < 1.29 is 27.4 Å². The molecule has 158 valence electrons. The lowest BCUT2D eigenvalue weighted by atomic mass is 9.89. The molecule has 0 fully saturated rings. The average molecular weight is 413 g/mol. The van der Waals surface area contributed by atoms with Crippen LogP contribution in [0.4, 0.5) is 23.7 Å². The second-order valence-electron chi connectivity index (χ2n) is 7.92. The summed E-state index contributed by atoms with van der Waals surface area (Å²) in [5, 5.41) is 5.59. The van der Waals surface area contributed by atoms with Crippen LogP contribution in [0.1, 0.15) is 40.2 Å². The van der Waals surface area contributed by atoms with E-state index in [0.29, 0.717) is 5.56 Å². The SMILES string of the molecule is CC(C)(C)OC(=O)NC1=N[C@](C)(c2cccc(N=[N+]=[N-])c2)CO[C@@]1(C)C(F)(F)F. The van der Waals surface area contributed by atoms with Crippen LogP contribution in [0.2, 0.25) is 0 Å². The largest absolute Gasteiger partial charge is 0.444 e. The Morgan fingerprint density at radius 3 is 2.55 bits per heavy atom. The van der Waals surface area contributed by atoms with Gasteiger partial charge in [0.2, 0.25) is 5.60 Å². The zero-order valence-corrected chi connectivity index (χ0v) is 16.7. The standard InChI is InChI=1S/C18H22F3N5O3/c1-15(2,3)29-14(27)23-13-17(5,18(19,20)21)28-10-16(4,24-13)11-7-6-8-12(9-11)25-26-22/h6-9H,10H2,1-5H3,(H,23,24,27)/t16-,17+/m0/s1. The van der Waals surface area contributed by atoms with Crippen LogP contribution in [-0.4, -0.2) is 35.9 Å². The molecular weight excluding hydrogens is 391 g/mol. The molecule has 1 heterocycles. The third-order valence-corrected chi connectivity index (χ3v) is 4.24. The number of amides is 1. The summed E-state index contributed by atoms with van der Waals surface area (Å²) >= 11 is 0. The predicted molar refractivity (Wildman–Crippen MR) is 99.8 cm³/mol. The van der Waals surface area contributed by atoms with Gasteiger partial charge in [-0.05, 0) is 51.8 Å². The zero-order chi connectivity index (χ0) is 22.1. The highest BCUT2D eigenvalue weighted by atomic mass is 19.4. The van der Waals surface area contributed by atoms with Crippen molar-refractivity contribution in [3.05, 3.63) is 40.3 Å². The van der Waals surface area contributed by atoms with E-state index in [1.165, 1.54) is 6.07 Å². The van der Waals surface area contributed by atoms with E-state index in [-0.39, 0.29) is 5.69 Å². The van der Waals surface area contributed by atoms with E-state index >= 15 is 0 Å². The van der Waals surface area contributed by atoms with Gasteiger partial charge in [0.1, 0.15) is 17.0 Å². The van der Waals surface area contributed by atoms with E-state index in [0.717, 1.165) is 6.92 Å². The van der Waals surface area contributed by atoms with Crippen molar-refractivity contribution in [3.63, 3.8) is 0 Å². The smallest absolute Gasteiger partial charge is 0.424 e. The highest BCUT2D eigenvalue weighted by Gasteiger charge is 2.60. The molecular formula is C18H22F3N5O3. The maximum absolute atomic E-state index is 13.7. The number of nitrogens with one attached hydrogen (secondary N) is 1. The predicted octanol–water partition coefficient (Wildman–Crippen LogP) is 5.12. The van der Waals surface area contributed by atoms with E-state index in [9.17, 15) is 18.0 Å². The fraction of sp³-hybridized carbons (Fsp3) is 0.556. The van der Waals surface area contributed by atoms with E-state index in [1.807, 2.05) is 0 Å². The van der Waals surface area contributed by atoms with E-state index in [4.69, 9.17) is 15.0 Å². The number of halogens is 3. The second-order valence-corrected chi connectivity index (χ2v) is 7.92. The number of nitrogens with zero attached hydrogens (tertiary/aromatic N) is 4. The first-order valence-corrected chi connectivity index (χ1v) is 8.67. The third-order valence-electron chi connectivity index (χ3n) is 4.24. The number of ether oxygens (including phenoxy) is 2. The Bertz CT molecular complexity index is 874. The molecule has 0 spiro atoms. The summed E-state index contributed by atoms with van der Waals surface area (Å²) in [5.41, 5.74) is 4.31. The third kappa shape index (κ3) is 4.99. The lowest BCUT2D eigenvalue weighted by Gasteiger charge is -2.42. The lowest BCUT2D eigenvalue weighted by Crippen LogP contribution is -2.62. The first-order chi connectivity index (χ1) is 13.2. The van der Waals surface area contributed by atoms with Crippen molar-refractivity contribution in [2.75, 3.05) is 6.61 Å². The van der Waals surface area contributed by atoms with Crippen molar-refractivity contribution in [2.45, 2.75) is 57.5 Å². The molecule has 0 aliphatic carbocycles. The Labute approximate surface area is 165 Å². The Kier molecular flexibility index (Phi) is 5.87. The Morgan fingerprint density at radius 2 is 2.00 bits per heavy atom. The molecule has 1 aromatic rings. The number of hydrogen-bond acceptors (Lipinski definition) is 5. The normalized spacial score (nSPS) is 24.9. The zero-order valence-electron chi connectivity index (χ0n) is 16.7. The average Bonchev–Trinajstić information content (AvgIpc) is 2.56. The van der Waals surface area contributed by atoms with Crippen LogP contribution in [0.15, 0.2) is 34.4 Å². The molecule has 0 unspecified atom stereocenters. The molecule has 1 aromatic carbocycles. The first-order valence-electron chi connectivity index (χ1n) is 8.67. The molecule has 2 atom stereocenters. The molecule has 0 aromatic heterocycles. The van der Waals surface area contributed by atoms with Crippen molar-refractivity contribution in [1.82, 2.24) is 5.32 Å². The Balaban J connectivity index is 2.51. The van der Waals surface area contributed by atoms with Crippen molar-refractivity contribution in [2.24, 2.45) is 10.1 Å². The summed E-state index contributed by atoms with van der Waals surface area (Å²) in [6.45, 7) is 6.68. The van der Waals surface area contributed by atoms with Gasteiger partial charge in [-0.3, -0.25) is 10.3 Å². The maximum Gasteiger partial charge on any atom is 0.424 e. The fourth-order valence-electron chi connectivity index (χ4n) is 2.61. The highest BCUT2D eigenvalue weighted by molar-refractivity contribution is 6.01. The molecule has 1 N–H and O–H groups in total. The van der Waals surface area contributed by atoms with Crippen molar-refractivity contribution in [3.8, 4) is 0 Å². The van der Waals surface area contributed by atoms with Gasteiger partial charge in [-0.25, -0.2) is 4.79 Å². The summed E-state index contributed by atoms with van der Waals surface area (Å²) in [7, 11) is 0. The Hall–Kier alpha value is -2.78. The summed E-state index contributed by atoms with van der Waals surface area (Å²) in [6, 6.07) is 6.23. The maximum atomic E-state index is 13.7. The minimum atomic E-state index is -4.84. The van der Waals surface area contributed by atoms with Gasteiger partial charge in [0.05, 0.1) is 6.61 Å². The fourth-order valence-corrected chi connectivity index (χ4v) is 2.61. The number of amidine groups is 1. The topological polar surface area (TPSA) is 109 Å². The van der Waals surface area contributed by atoms with Crippen molar-refractivity contribution >= 4 is 17.6 Å². The lowest BCUT2D eigenvalue weighted by molar-refractivity contribution is -0.250.